The molecule has 0 aromatic heterocycles. The van der Waals surface area contributed by atoms with Crippen LogP contribution in [0.15, 0.2) is 47.5 Å². The number of ether oxygens (including phenoxy) is 4. The zero-order valence-corrected chi connectivity index (χ0v) is 34.2. The third-order valence-electron chi connectivity index (χ3n) is 11.9. The first-order valence-electron chi connectivity index (χ1n) is 19.6. The Bertz CT molecular complexity index is 1920. The predicted octanol–water partition coefficient (Wildman–Crippen LogP) is 4.83. The maximum atomic E-state index is 14.8. The van der Waals surface area contributed by atoms with Gasteiger partial charge in [-0.2, -0.15) is 0 Å². The fraction of sp³-hybridized carbons (Fsp3) is 0.558. The van der Waals surface area contributed by atoms with Crippen LogP contribution in [0.25, 0.3) is 0 Å². The lowest BCUT2D eigenvalue weighted by atomic mass is 9.78. The molecular formula is C43H56N2O12. The Kier molecular flexibility index (Phi) is 13.2. The van der Waals surface area contributed by atoms with Gasteiger partial charge in [-0.15, -0.1) is 0 Å². The van der Waals surface area contributed by atoms with Gasteiger partial charge < -0.3 is 44.5 Å². The Hall–Kier alpha value is -4.79. The van der Waals surface area contributed by atoms with E-state index in [-0.39, 0.29) is 39.4 Å². The van der Waals surface area contributed by atoms with Crippen LogP contribution in [0.5, 0.6) is 11.5 Å². The Balaban J connectivity index is 1.68. The van der Waals surface area contributed by atoms with E-state index in [9.17, 15) is 39.3 Å². The van der Waals surface area contributed by atoms with Crippen molar-refractivity contribution in [1.29, 1.82) is 0 Å². The number of allylic oxidation sites excluding steroid dienone is 4. The molecule has 0 unspecified atom stereocenters. The number of nitrogens with zero attached hydrogens (tertiary/aromatic N) is 1. The third kappa shape index (κ3) is 8.30. The van der Waals surface area contributed by atoms with Gasteiger partial charge in [0.05, 0.1) is 41.3 Å². The Morgan fingerprint density at radius 1 is 0.895 bits per heavy atom. The van der Waals surface area contributed by atoms with Crippen molar-refractivity contribution in [2.24, 2.45) is 23.7 Å². The molecule has 0 saturated carbocycles. The second kappa shape index (κ2) is 17.4. The van der Waals surface area contributed by atoms with Crippen LogP contribution in [0.1, 0.15) is 111 Å². The maximum Gasteiger partial charge on any atom is 0.312 e. The molecule has 310 valence electrons. The summed E-state index contributed by atoms with van der Waals surface area (Å²) in [5.41, 5.74) is -1.16. The molecule has 9 atom stereocenters. The van der Waals surface area contributed by atoms with E-state index in [1.54, 1.807) is 44.7 Å². The van der Waals surface area contributed by atoms with Gasteiger partial charge in [0.2, 0.25) is 11.6 Å². The third-order valence-corrected chi connectivity index (χ3v) is 11.9. The number of carbonyl (C=O) groups excluding carboxylic acids is 5. The molecule has 4 heterocycles. The number of hydrogen-bond donors (Lipinski definition) is 4. The lowest BCUT2D eigenvalue weighted by Crippen LogP contribution is -2.46. The summed E-state index contributed by atoms with van der Waals surface area (Å²) in [6.07, 6.45) is 6.82. The van der Waals surface area contributed by atoms with Crippen molar-refractivity contribution in [3.05, 3.63) is 69.8 Å². The van der Waals surface area contributed by atoms with E-state index >= 15 is 0 Å². The van der Waals surface area contributed by atoms with Gasteiger partial charge in [0.25, 0.3) is 11.7 Å². The maximum absolute atomic E-state index is 14.8. The van der Waals surface area contributed by atoms with Crippen molar-refractivity contribution >= 4 is 29.2 Å². The number of ketones is 3. The summed E-state index contributed by atoms with van der Waals surface area (Å²) in [5, 5.41) is 37.0. The molecule has 1 aromatic carbocycles. The van der Waals surface area contributed by atoms with Gasteiger partial charge in [-0.1, -0.05) is 58.8 Å². The lowest BCUT2D eigenvalue weighted by molar-refractivity contribution is -0.160. The second-order valence-electron chi connectivity index (χ2n) is 15.9. The van der Waals surface area contributed by atoms with Gasteiger partial charge in [0.1, 0.15) is 29.0 Å². The van der Waals surface area contributed by atoms with E-state index in [0.29, 0.717) is 13.1 Å². The first-order chi connectivity index (χ1) is 26.9. The van der Waals surface area contributed by atoms with Crippen LogP contribution in [-0.2, 0) is 23.8 Å². The number of Topliss-reactive ketones (excluding diaryl/α,β-unsaturated/α-hetero) is 3. The molecular weight excluding hydrogens is 736 g/mol. The van der Waals surface area contributed by atoms with E-state index < -0.39 is 94.4 Å². The number of likely N-dealkylation sites (tertiary alicyclic amines) is 1. The number of phenolic OH excluding ortho intramolecular Hbond substituents is 1. The van der Waals surface area contributed by atoms with E-state index in [1.165, 1.54) is 53.2 Å². The number of phenols is 1. The molecule has 1 amide bonds. The number of carbonyl (C=O) groups is 5. The largest absolute Gasteiger partial charge is 0.507 e. The van der Waals surface area contributed by atoms with Crippen molar-refractivity contribution in [3.8, 4) is 11.5 Å². The summed E-state index contributed by atoms with van der Waals surface area (Å²) in [6, 6.07) is 0. The van der Waals surface area contributed by atoms with Crippen LogP contribution in [0.2, 0.25) is 0 Å². The van der Waals surface area contributed by atoms with Gasteiger partial charge in [0, 0.05) is 68.9 Å². The number of aliphatic hydroxyl groups excluding tert-OH is 2. The van der Waals surface area contributed by atoms with Gasteiger partial charge in [0.15, 0.2) is 0 Å². The minimum Gasteiger partial charge on any atom is -0.507 e. The molecule has 1 aliphatic carbocycles. The highest BCUT2D eigenvalue weighted by atomic mass is 16.7. The van der Waals surface area contributed by atoms with Crippen LogP contribution < -0.4 is 10.1 Å². The predicted molar refractivity (Wildman–Crippen MR) is 208 cm³/mol. The molecule has 0 radical (unpaired) electrons. The first kappa shape index (κ1) is 43.3. The Morgan fingerprint density at radius 2 is 1.54 bits per heavy atom. The Morgan fingerprint density at radius 3 is 2.16 bits per heavy atom. The zero-order valence-electron chi connectivity index (χ0n) is 34.2. The average Bonchev–Trinajstić information content (AvgIpc) is 3.31. The molecule has 6 rings (SSSR count). The minimum atomic E-state index is -2.05. The van der Waals surface area contributed by atoms with E-state index in [2.05, 4.69) is 5.32 Å². The minimum absolute atomic E-state index is 0.0240. The zero-order chi connectivity index (χ0) is 42.1. The number of nitrogens with one attached hydrogen (secondary N) is 1. The highest BCUT2D eigenvalue weighted by molar-refractivity contribution is 6.32. The molecule has 5 bridgehead atoms. The summed E-state index contributed by atoms with van der Waals surface area (Å²) in [6.45, 7) is 13.3. The number of methoxy groups -OCH3 is 1. The molecule has 5 aliphatic rings. The van der Waals surface area contributed by atoms with Gasteiger partial charge in [-0.25, -0.2) is 0 Å². The summed E-state index contributed by atoms with van der Waals surface area (Å²) in [5.74, 6) is -8.81. The summed E-state index contributed by atoms with van der Waals surface area (Å²) in [4.78, 5) is 71.5. The number of fused-ring (bicyclic) bond motifs is 14. The van der Waals surface area contributed by atoms with Crippen LogP contribution >= 0.6 is 0 Å². The van der Waals surface area contributed by atoms with Crippen molar-refractivity contribution in [2.75, 3.05) is 20.2 Å². The highest BCUT2D eigenvalue weighted by Gasteiger charge is 2.53. The molecule has 4 aliphatic heterocycles. The molecule has 14 heteroatoms. The van der Waals surface area contributed by atoms with Gasteiger partial charge in [-0.3, -0.25) is 24.0 Å². The number of amides is 1. The quantitative estimate of drug-likeness (QED) is 0.304. The van der Waals surface area contributed by atoms with E-state index in [4.69, 9.17) is 18.9 Å². The number of aromatic hydroxyl groups is 1. The molecule has 0 spiro atoms. The van der Waals surface area contributed by atoms with Crippen LogP contribution in [0.3, 0.4) is 0 Å². The standard InChI is InChI=1S/C43H56N2O12/c1-21-15-14-16-22(2)42(53)44-32-33(45-18-12-10-11-13-19-45)38(51)29-30(37(32)50)36(49)26(6)40-31(29)41(52)43(8,57-40)55-20-17-28(54-9)23(3)39(56-27(7)46)25(5)35(48)24(4)34(21)47/h14-17,20-21,23-25,28,34-35,39,47-49H,10-13,18-19H2,1-9H3,(H,44,53)/b15-14+,20-17+,22-16-/t21-,23+,24+,25-,28-,34-,35-,39+,43-/m0/s1. The molecule has 1 aromatic rings. The lowest BCUT2D eigenvalue weighted by Gasteiger charge is -2.38. The second-order valence-corrected chi connectivity index (χ2v) is 15.9. The average molecular weight is 793 g/mol. The highest BCUT2D eigenvalue weighted by Crippen LogP contribution is 2.49. The molecule has 1 saturated heterocycles. The summed E-state index contributed by atoms with van der Waals surface area (Å²) in [7, 11) is 1.44. The topological polar surface area (TPSA) is 198 Å². The monoisotopic (exact) mass is 792 g/mol. The Labute approximate surface area is 333 Å². The molecule has 57 heavy (non-hydrogen) atoms. The summed E-state index contributed by atoms with van der Waals surface area (Å²) >= 11 is 0. The van der Waals surface area contributed by atoms with Crippen LogP contribution in [0, 0.1) is 30.6 Å². The molecule has 14 nitrogen and oxygen atoms in total. The number of rotatable bonds is 3. The van der Waals surface area contributed by atoms with Crippen LogP contribution in [-0.4, -0.2) is 99.8 Å². The van der Waals surface area contributed by atoms with Crippen molar-refractivity contribution in [3.63, 3.8) is 0 Å². The fourth-order valence-corrected chi connectivity index (χ4v) is 8.27. The SMILES string of the molecule is CO[C@H]1/C=C/O[C@@]2(C)Oc3c(C)c(O)c4c(c3C2=O)C(=O)C(N2CCCCCC2)=C(NC(=O)/C(C)=C\C=C\[C@H](C)[C@H](O)[C@@H](C)[C@H](O)[C@H](C)[C@H](OC(C)=O)[C@@H]1C)C4=O. The number of esters is 1. The molecule has 1 fully saturated rings. The van der Waals surface area contributed by atoms with Crippen molar-refractivity contribution in [1.82, 2.24) is 10.2 Å². The van der Waals surface area contributed by atoms with Gasteiger partial charge in [-0.05, 0) is 32.8 Å². The van der Waals surface area contributed by atoms with Crippen LogP contribution in [0.4, 0.5) is 0 Å². The normalized spacial score (nSPS) is 33.7. The smallest absolute Gasteiger partial charge is 0.312 e. The van der Waals surface area contributed by atoms with Gasteiger partial charge >= 0.3 is 11.8 Å². The first-order valence-corrected chi connectivity index (χ1v) is 19.6. The number of benzene rings is 1. The fourth-order valence-electron chi connectivity index (χ4n) is 8.27. The number of aliphatic hydroxyl groups is 2. The van der Waals surface area contributed by atoms with Crippen molar-refractivity contribution in [2.45, 2.75) is 111 Å². The van der Waals surface area contributed by atoms with Crippen molar-refractivity contribution < 1.29 is 58.2 Å². The van der Waals surface area contributed by atoms with E-state index in [1.807, 2.05) is 0 Å². The molecule has 4 N–H and O–H groups in total. The number of hydrogen-bond acceptors (Lipinski definition) is 13. The van der Waals surface area contributed by atoms with E-state index in [0.717, 1.165) is 25.7 Å². The summed E-state index contributed by atoms with van der Waals surface area (Å²) < 4.78 is 23.6.